The minimum Gasteiger partial charge on any atom is -0.484 e. The molecule has 3 aromatic carbocycles. The molecule has 0 fully saturated rings. The van der Waals surface area contributed by atoms with Gasteiger partial charge in [0.1, 0.15) is 17.4 Å². The summed E-state index contributed by atoms with van der Waals surface area (Å²) in [4.78, 5) is 12.2. The highest BCUT2D eigenvalue weighted by molar-refractivity contribution is 7.89. The van der Waals surface area contributed by atoms with Gasteiger partial charge < -0.3 is 10.1 Å². The number of hydrogen-bond acceptors (Lipinski definition) is 4. The highest BCUT2D eigenvalue weighted by Crippen LogP contribution is 2.27. The Bertz CT molecular complexity index is 1230. The molecule has 1 N–H and O–H groups in total. The molecule has 4 rings (SSSR count). The molecule has 0 spiro atoms. The van der Waals surface area contributed by atoms with Gasteiger partial charge in [0.05, 0.1) is 4.90 Å². The first-order valence-corrected chi connectivity index (χ1v) is 11.3. The molecule has 6 nitrogen and oxygen atoms in total. The van der Waals surface area contributed by atoms with Crippen LogP contribution in [0.3, 0.4) is 0 Å². The highest BCUT2D eigenvalue weighted by atomic mass is 32.2. The molecule has 1 amide bonds. The smallest absolute Gasteiger partial charge is 0.262 e. The molecule has 0 aliphatic carbocycles. The molecular weight excluding hydrogens is 438 g/mol. The number of ether oxygens (including phenoxy) is 1. The molecule has 0 unspecified atom stereocenters. The SMILES string of the molecule is O=C(COc1ccc(F)cc1)Nc1ccc2c(c1)CN(S(=O)(=O)c1ccc(F)cc1)CC2. The van der Waals surface area contributed by atoms with Crippen LogP contribution in [0, 0.1) is 11.6 Å². The van der Waals surface area contributed by atoms with Crippen molar-refractivity contribution in [2.75, 3.05) is 18.5 Å². The molecular formula is C23H20F2N2O4S. The Hall–Kier alpha value is -3.30. The predicted octanol–water partition coefficient (Wildman–Crippen LogP) is 3.73. The van der Waals surface area contributed by atoms with Crippen molar-refractivity contribution < 1.29 is 26.7 Å². The van der Waals surface area contributed by atoms with Crippen LogP contribution in [-0.2, 0) is 27.8 Å². The summed E-state index contributed by atoms with van der Waals surface area (Å²) in [5, 5.41) is 2.72. The zero-order valence-electron chi connectivity index (χ0n) is 16.9. The summed E-state index contributed by atoms with van der Waals surface area (Å²) in [6.45, 7) is 0.197. The maximum atomic E-state index is 13.2. The van der Waals surface area contributed by atoms with Gasteiger partial charge in [-0.2, -0.15) is 4.31 Å². The van der Waals surface area contributed by atoms with Gasteiger partial charge in [0, 0.05) is 18.8 Å². The number of amides is 1. The molecule has 0 bridgehead atoms. The number of carbonyl (C=O) groups excluding carboxylic acids is 1. The van der Waals surface area contributed by atoms with Crippen molar-refractivity contribution in [3.8, 4) is 5.75 Å². The monoisotopic (exact) mass is 458 g/mol. The van der Waals surface area contributed by atoms with E-state index in [1.165, 1.54) is 40.7 Å². The molecule has 32 heavy (non-hydrogen) atoms. The molecule has 0 aromatic heterocycles. The molecule has 9 heteroatoms. The summed E-state index contributed by atoms with van der Waals surface area (Å²) in [6.07, 6.45) is 0.525. The number of benzene rings is 3. The zero-order chi connectivity index (χ0) is 22.7. The zero-order valence-corrected chi connectivity index (χ0v) is 17.7. The van der Waals surface area contributed by atoms with Gasteiger partial charge in [-0.3, -0.25) is 4.79 Å². The number of fused-ring (bicyclic) bond motifs is 1. The number of sulfonamides is 1. The molecule has 0 saturated carbocycles. The molecule has 1 aliphatic heterocycles. The summed E-state index contributed by atoms with van der Waals surface area (Å²) >= 11 is 0. The minimum absolute atomic E-state index is 0.0322. The standard InChI is InChI=1S/C23H20F2N2O4S/c24-18-2-7-21(8-3-18)31-15-23(28)26-20-6-1-16-11-12-27(14-17(16)13-20)32(29,30)22-9-4-19(25)5-10-22/h1-10,13H,11-12,14-15H2,(H,26,28). The van der Waals surface area contributed by atoms with Crippen LogP contribution in [0.1, 0.15) is 11.1 Å². The van der Waals surface area contributed by atoms with Crippen LogP contribution >= 0.6 is 0 Å². The second-order valence-corrected chi connectivity index (χ2v) is 9.25. The molecule has 0 radical (unpaired) electrons. The van der Waals surface area contributed by atoms with Crippen LogP contribution in [0.15, 0.2) is 71.6 Å². The van der Waals surface area contributed by atoms with Crippen LogP contribution in [0.2, 0.25) is 0 Å². The number of carbonyl (C=O) groups is 1. The molecule has 0 atom stereocenters. The lowest BCUT2D eigenvalue weighted by molar-refractivity contribution is -0.118. The van der Waals surface area contributed by atoms with Crippen LogP contribution in [0.5, 0.6) is 5.75 Å². The lowest BCUT2D eigenvalue weighted by Crippen LogP contribution is -2.36. The van der Waals surface area contributed by atoms with Crippen molar-refractivity contribution in [3.05, 3.63) is 89.5 Å². The molecule has 0 saturated heterocycles. The van der Waals surface area contributed by atoms with Gasteiger partial charge in [-0.05, 0) is 78.2 Å². The average Bonchev–Trinajstić information content (AvgIpc) is 2.78. The first-order valence-electron chi connectivity index (χ1n) is 9.87. The summed E-state index contributed by atoms with van der Waals surface area (Å²) in [7, 11) is -3.77. The van der Waals surface area contributed by atoms with E-state index in [1.807, 2.05) is 6.07 Å². The molecule has 3 aromatic rings. The molecule has 166 valence electrons. The summed E-state index contributed by atoms with van der Waals surface area (Å²) in [5.74, 6) is -0.933. The second-order valence-electron chi connectivity index (χ2n) is 7.32. The number of nitrogens with zero attached hydrogens (tertiary/aromatic N) is 1. The van der Waals surface area contributed by atoms with E-state index < -0.39 is 27.6 Å². The predicted molar refractivity (Wildman–Crippen MR) is 115 cm³/mol. The number of rotatable bonds is 6. The van der Waals surface area contributed by atoms with E-state index >= 15 is 0 Å². The van der Waals surface area contributed by atoms with Crippen LogP contribution in [0.25, 0.3) is 0 Å². The Balaban J connectivity index is 1.42. The van der Waals surface area contributed by atoms with Gasteiger partial charge >= 0.3 is 0 Å². The Morgan fingerprint density at radius 2 is 1.59 bits per heavy atom. The van der Waals surface area contributed by atoms with E-state index in [0.29, 0.717) is 24.4 Å². The van der Waals surface area contributed by atoms with E-state index in [9.17, 15) is 22.0 Å². The lowest BCUT2D eigenvalue weighted by atomic mass is 10.0. The molecule has 1 heterocycles. The largest absolute Gasteiger partial charge is 0.484 e. The van der Waals surface area contributed by atoms with Crippen molar-refractivity contribution >= 4 is 21.6 Å². The Labute approximate surface area is 184 Å². The van der Waals surface area contributed by atoms with E-state index in [-0.39, 0.29) is 18.0 Å². The molecule has 1 aliphatic rings. The maximum Gasteiger partial charge on any atom is 0.262 e. The van der Waals surface area contributed by atoms with Crippen LogP contribution in [-0.4, -0.2) is 31.8 Å². The minimum atomic E-state index is -3.77. The van der Waals surface area contributed by atoms with Crippen molar-refractivity contribution in [1.29, 1.82) is 0 Å². The third kappa shape index (κ3) is 4.95. The topological polar surface area (TPSA) is 75.7 Å². The fourth-order valence-electron chi connectivity index (χ4n) is 3.45. The quantitative estimate of drug-likeness (QED) is 0.611. The van der Waals surface area contributed by atoms with Crippen LogP contribution < -0.4 is 10.1 Å². The van der Waals surface area contributed by atoms with Crippen LogP contribution in [0.4, 0.5) is 14.5 Å². The highest BCUT2D eigenvalue weighted by Gasteiger charge is 2.28. The van der Waals surface area contributed by atoms with Gasteiger partial charge in [0.25, 0.3) is 5.91 Å². The van der Waals surface area contributed by atoms with Gasteiger partial charge in [-0.15, -0.1) is 0 Å². The fourth-order valence-corrected chi connectivity index (χ4v) is 4.87. The van der Waals surface area contributed by atoms with Crippen molar-refractivity contribution in [1.82, 2.24) is 4.31 Å². The van der Waals surface area contributed by atoms with Gasteiger partial charge in [0.2, 0.25) is 10.0 Å². The van der Waals surface area contributed by atoms with E-state index in [1.54, 1.807) is 12.1 Å². The third-order valence-corrected chi connectivity index (χ3v) is 6.96. The van der Waals surface area contributed by atoms with Crippen molar-refractivity contribution in [2.24, 2.45) is 0 Å². The van der Waals surface area contributed by atoms with Gasteiger partial charge in [0.15, 0.2) is 6.61 Å². The van der Waals surface area contributed by atoms with Crippen molar-refractivity contribution in [2.45, 2.75) is 17.9 Å². The summed E-state index contributed by atoms with van der Waals surface area (Å²) in [5.41, 5.74) is 2.28. The Kier molecular flexibility index (Phi) is 6.20. The van der Waals surface area contributed by atoms with E-state index in [2.05, 4.69) is 5.32 Å². The van der Waals surface area contributed by atoms with Gasteiger partial charge in [-0.25, -0.2) is 17.2 Å². The Morgan fingerprint density at radius 3 is 2.28 bits per heavy atom. The fraction of sp³-hybridized carbons (Fsp3) is 0.174. The summed E-state index contributed by atoms with van der Waals surface area (Å²) < 4.78 is 58.6. The van der Waals surface area contributed by atoms with E-state index in [4.69, 9.17) is 4.74 Å². The third-order valence-electron chi connectivity index (χ3n) is 5.10. The number of nitrogens with one attached hydrogen (secondary N) is 1. The summed E-state index contributed by atoms with van der Waals surface area (Å²) in [6, 6.07) is 15.4. The Morgan fingerprint density at radius 1 is 0.938 bits per heavy atom. The normalized spacial score (nSPS) is 13.9. The first-order chi connectivity index (χ1) is 15.3. The number of anilines is 1. The van der Waals surface area contributed by atoms with Gasteiger partial charge in [-0.1, -0.05) is 6.07 Å². The second kappa shape index (κ2) is 9.05. The van der Waals surface area contributed by atoms with E-state index in [0.717, 1.165) is 23.3 Å². The first kappa shape index (κ1) is 21.9. The maximum absolute atomic E-state index is 13.2. The lowest BCUT2D eigenvalue weighted by Gasteiger charge is -2.28. The van der Waals surface area contributed by atoms with Crippen molar-refractivity contribution in [3.63, 3.8) is 0 Å². The average molecular weight is 458 g/mol. The number of hydrogen-bond donors (Lipinski definition) is 1. The number of halogens is 2.